The van der Waals surface area contributed by atoms with Crippen molar-refractivity contribution in [2.24, 2.45) is 5.92 Å². The number of carbonyl (C=O) groups excluding carboxylic acids is 1. The van der Waals surface area contributed by atoms with Crippen LogP contribution in [0, 0.1) is 5.92 Å². The summed E-state index contributed by atoms with van der Waals surface area (Å²) in [5.74, 6) is -0.817. The zero-order valence-electron chi connectivity index (χ0n) is 14.6. The number of ether oxygens (including phenoxy) is 1. The van der Waals surface area contributed by atoms with Gasteiger partial charge in [-0.3, -0.25) is 4.79 Å². The molecule has 1 amide bonds. The monoisotopic (exact) mass is 344 g/mol. The Morgan fingerprint density at radius 3 is 2.80 bits per heavy atom. The summed E-state index contributed by atoms with van der Waals surface area (Å²) in [7, 11) is 1.64. The van der Waals surface area contributed by atoms with E-state index in [0.717, 1.165) is 17.3 Å². The SMILES string of the molecule is COCCn1cc(C(=O)N2CCC(C)CC2C(=O)O)c2ccccc21. The molecule has 6 heteroatoms. The maximum Gasteiger partial charge on any atom is 0.326 e. The lowest BCUT2D eigenvalue weighted by Crippen LogP contribution is -2.49. The van der Waals surface area contributed by atoms with Crippen molar-refractivity contribution in [1.82, 2.24) is 9.47 Å². The summed E-state index contributed by atoms with van der Waals surface area (Å²) in [4.78, 5) is 26.3. The van der Waals surface area contributed by atoms with E-state index in [1.807, 2.05) is 42.0 Å². The highest BCUT2D eigenvalue weighted by molar-refractivity contribution is 6.08. The largest absolute Gasteiger partial charge is 0.480 e. The van der Waals surface area contributed by atoms with Crippen LogP contribution in [0.15, 0.2) is 30.5 Å². The number of piperidine rings is 1. The topological polar surface area (TPSA) is 71.8 Å². The van der Waals surface area contributed by atoms with Crippen molar-refractivity contribution in [2.75, 3.05) is 20.3 Å². The summed E-state index contributed by atoms with van der Waals surface area (Å²) in [5, 5.41) is 10.4. The molecule has 0 aliphatic carbocycles. The molecule has 25 heavy (non-hydrogen) atoms. The van der Waals surface area contributed by atoms with E-state index in [-0.39, 0.29) is 5.91 Å². The molecule has 0 radical (unpaired) electrons. The second-order valence-corrected chi connectivity index (χ2v) is 6.73. The standard InChI is InChI=1S/C19H24N2O4/c1-13-7-8-21(17(11-13)19(23)24)18(22)15-12-20(9-10-25-2)16-6-4-3-5-14(15)16/h3-6,12-13,17H,7-11H2,1-2H3,(H,23,24). The third kappa shape index (κ3) is 3.39. The van der Waals surface area contributed by atoms with Crippen molar-refractivity contribution >= 4 is 22.8 Å². The van der Waals surface area contributed by atoms with Gasteiger partial charge in [-0.05, 0) is 24.8 Å². The van der Waals surface area contributed by atoms with Crippen molar-refractivity contribution in [3.63, 3.8) is 0 Å². The van der Waals surface area contributed by atoms with Gasteiger partial charge in [-0.1, -0.05) is 25.1 Å². The predicted octanol–water partition coefficient (Wildman–Crippen LogP) is 2.61. The Morgan fingerprint density at radius 2 is 2.08 bits per heavy atom. The number of para-hydroxylation sites is 1. The number of methoxy groups -OCH3 is 1. The first-order chi connectivity index (χ1) is 12.0. The maximum atomic E-state index is 13.1. The number of benzene rings is 1. The molecule has 2 aromatic rings. The Hall–Kier alpha value is -2.34. The van der Waals surface area contributed by atoms with Gasteiger partial charge in [-0.25, -0.2) is 4.79 Å². The number of hydrogen-bond donors (Lipinski definition) is 1. The Kier molecular flexibility index (Phi) is 5.08. The van der Waals surface area contributed by atoms with Crippen LogP contribution in [0.3, 0.4) is 0 Å². The first-order valence-corrected chi connectivity index (χ1v) is 8.63. The molecule has 2 atom stereocenters. The number of likely N-dealkylation sites (tertiary alicyclic amines) is 1. The second-order valence-electron chi connectivity index (χ2n) is 6.73. The van der Waals surface area contributed by atoms with Crippen molar-refractivity contribution in [3.05, 3.63) is 36.0 Å². The molecule has 0 bridgehead atoms. The van der Waals surface area contributed by atoms with E-state index in [4.69, 9.17) is 4.74 Å². The van der Waals surface area contributed by atoms with E-state index in [9.17, 15) is 14.7 Å². The van der Waals surface area contributed by atoms with Gasteiger partial charge in [0.1, 0.15) is 6.04 Å². The van der Waals surface area contributed by atoms with Crippen LogP contribution in [0.5, 0.6) is 0 Å². The fraction of sp³-hybridized carbons (Fsp3) is 0.474. The van der Waals surface area contributed by atoms with Crippen molar-refractivity contribution in [3.8, 4) is 0 Å². The van der Waals surface area contributed by atoms with Crippen molar-refractivity contribution in [1.29, 1.82) is 0 Å². The molecular weight excluding hydrogens is 320 g/mol. The number of aliphatic carboxylic acids is 1. The smallest absolute Gasteiger partial charge is 0.326 e. The number of carboxylic acid groups (broad SMARTS) is 1. The number of amides is 1. The van der Waals surface area contributed by atoms with Crippen LogP contribution in [-0.2, 0) is 16.1 Å². The van der Waals surface area contributed by atoms with Crippen LogP contribution >= 0.6 is 0 Å². The highest BCUT2D eigenvalue weighted by atomic mass is 16.5. The molecule has 1 aromatic carbocycles. The van der Waals surface area contributed by atoms with Gasteiger partial charge in [0.2, 0.25) is 0 Å². The number of nitrogens with zero attached hydrogens (tertiary/aromatic N) is 2. The minimum absolute atomic E-state index is 0.202. The Morgan fingerprint density at radius 1 is 1.32 bits per heavy atom. The summed E-state index contributed by atoms with van der Waals surface area (Å²) in [6.07, 6.45) is 3.16. The summed E-state index contributed by atoms with van der Waals surface area (Å²) >= 11 is 0. The summed E-state index contributed by atoms with van der Waals surface area (Å²) < 4.78 is 7.14. The molecule has 1 aliphatic heterocycles. The molecule has 1 N–H and O–H groups in total. The highest BCUT2D eigenvalue weighted by Crippen LogP contribution is 2.28. The van der Waals surface area contributed by atoms with E-state index >= 15 is 0 Å². The van der Waals surface area contributed by atoms with Gasteiger partial charge in [0.15, 0.2) is 0 Å². The van der Waals surface area contributed by atoms with Gasteiger partial charge in [0.05, 0.1) is 12.2 Å². The van der Waals surface area contributed by atoms with E-state index in [2.05, 4.69) is 0 Å². The van der Waals surface area contributed by atoms with Gasteiger partial charge >= 0.3 is 5.97 Å². The zero-order valence-corrected chi connectivity index (χ0v) is 14.6. The van der Waals surface area contributed by atoms with E-state index in [0.29, 0.717) is 37.6 Å². The lowest BCUT2D eigenvalue weighted by Gasteiger charge is -2.35. The molecule has 1 fully saturated rings. The summed E-state index contributed by atoms with van der Waals surface area (Å²) in [6.45, 7) is 3.71. The first kappa shape index (κ1) is 17.5. The normalized spacial score (nSPS) is 20.8. The minimum Gasteiger partial charge on any atom is -0.480 e. The van der Waals surface area contributed by atoms with Crippen molar-refractivity contribution in [2.45, 2.75) is 32.4 Å². The predicted molar refractivity (Wildman–Crippen MR) is 94.7 cm³/mol. The second kappa shape index (κ2) is 7.27. The molecule has 2 heterocycles. The lowest BCUT2D eigenvalue weighted by atomic mass is 9.92. The molecule has 6 nitrogen and oxygen atoms in total. The quantitative estimate of drug-likeness (QED) is 0.905. The van der Waals surface area contributed by atoms with E-state index in [1.54, 1.807) is 7.11 Å². The third-order valence-corrected chi connectivity index (χ3v) is 4.97. The number of rotatable bonds is 5. The average Bonchev–Trinajstić information content (AvgIpc) is 2.98. The van der Waals surface area contributed by atoms with E-state index < -0.39 is 12.0 Å². The number of carbonyl (C=O) groups is 2. The Labute approximate surface area is 147 Å². The molecule has 0 saturated carbocycles. The van der Waals surface area contributed by atoms with Crippen LogP contribution in [0.2, 0.25) is 0 Å². The van der Waals surface area contributed by atoms with Crippen LogP contribution in [0.1, 0.15) is 30.1 Å². The van der Waals surface area contributed by atoms with Gasteiger partial charge < -0.3 is 19.3 Å². The molecule has 1 aliphatic rings. The van der Waals surface area contributed by atoms with Gasteiger partial charge in [-0.15, -0.1) is 0 Å². The zero-order chi connectivity index (χ0) is 18.0. The summed E-state index contributed by atoms with van der Waals surface area (Å²) in [5.41, 5.74) is 1.52. The van der Waals surface area contributed by atoms with Gasteiger partial charge in [0, 0.05) is 37.3 Å². The Balaban J connectivity index is 1.97. The lowest BCUT2D eigenvalue weighted by molar-refractivity contribution is -0.144. The first-order valence-electron chi connectivity index (χ1n) is 8.63. The fourth-order valence-corrected chi connectivity index (χ4v) is 3.57. The number of carboxylic acids is 1. The average molecular weight is 344 g/mol. The van der Waals surface area contributed by atoms with E-state index in [1.165, 1.54) is 4.90 Å². The summed E-state index contributed by atoms with van der Waals surface area (Å²) in [6, 6.07) is 6.95. The fourth-order valence-electron chi connectivity index (χ4n) is 3.57. The molecule has 1 aromatic heterocycles. The third-order valence-electron chi connectivity index (χ3n) is 4.97. The number of fused-ring (bicyclic) bond motifs is 1. The molecule has 3 rings (SSSR count). The molecule has 2 unspecified atom stereocenters. The van der Waals surface area contributed by atoms with Gasteiger partial charge in [-0.2, -0.15) is 0 Å². The van der Waals surface area contributed by atoms with Gasteiger partial charge in [0.25, 0.3) is 5.91 Å². The molecular formula is C19H24N2O4. The number of aromatic nitrogens is 1. The minimum atomic E-state index is -0.928. The van der Waals surface area contributed by atoms with Crippen molar-refractivity contribution < 1.29 is 19.4 Å². The number of hydrogen-bond acceptors (Lipinski definition) is 3. The molecule has 134 valence electrons. The van der Waals surface area contributed by atoms with Crippen LogP contribution in [0.25, 0.3) is 10.9 Å². The Bertz CT molecular complexity index is 783. The highest BCUT2D eigenvalue weighted by Gasteiger charge is 2.36. The van der Waals surface area contributed by atoms with Crippen LogP contribution < -0.4 is 0 Å². The molecule has 1 saturated heterocycles. The molecule has 0 spiro atoms. The van der Waals surface area contributed by atoms with Crippen LogP contribution in [0.4, 0.5) is 0 Å². The maximum absolute atomic E-state index is 13.1. The van der Waals surface area contributed by atoms with Crippen LogP contribution in [-0.4, -0.2) is 52.8 Å².